The summed E-state index contributed by atoms with van der Waals surface area (Å²) in [5.74, 6) is 5.52. The summed E-state index contributed by atoms with van der Waals surface area (Å²) in [7, 11) is 0. The number of hydrogen-bond donors (Lipinski definition) is 0. The largest absolute Gasteiger partial charge is 0.0701 e. The van der Waals surface area contributed by atoms with Gasteiger partial charge in [-0.3, -0.25) is 0 Å². The lowest BCUT2D eigenvalue weighted by Gasteiger charge is -2.34. The molecule has 0 saturated heterocycles. The Balaban J connectivity index is 0.926. The van der Waals surface area contributed by atoms with Gasteiger partial charge in [-0.2, -0.15) is 0 Å². The van der Waals surface area contributed by atoms with Gasteiger partial charge in [0.1, 0.15) is 0 Å². The molecule has 172 valence electrons. The first-order chi connectivity index (χ1) is 14.9. The van der Waals surface area contributed by atoms with Crippen molar-refractivity contribution in [1.82, 2.24) is 0 Å². The third kappa shape index (κ3) is 5.75. The summed E-state index contributed by atoms with van der Waals surface area (Å²) in [5, 5.41) is 0. The molecular weight excluding hydrogens is 360 g/mol. The highest BCUT2D eigenvalue weighted by atomic mass is 14.6. The summed E-state index contributed by atoms with van der Waals surface area (Å²) in [6, 6.07) is 0. The van der Waals surface area contributed by atoms with Crippen molar-refractivity contribution in [2.45, 2.75) is 148 Å². The van der Waals surface area contributed by atoms with Crippen molar-refractivity contribution in [3.63, 3.8) is 0 Å². The van der Waals surface area contributed by atoms with E-state index in [1.165, 1.54) is 116 Å². The maximum absolute atomic E-state index is 2.31. The minimum absolute atomic E-state index is 1.06. The van der Waals surface area contributed by atoms with Crippen LogP contribution < -0.4 is 0 Å². The van der Waals surface area contributed by atoms with Crippen LogP contribution in [0.3, 0.4) is 0 Å². The fourth-order valence-corrected chi connectivity index (χ4v) is 8.22. The molecule has 0 N–H and O–H groups in total. The fourth-order valence-electron chi connectivity index (χ4n) is 8.22. The van der Waals surface area contributed by atoms with Gasteiger partial charge in [-0.1, -0.05) is 127 Å². The molecule has 0 aromatic carbocycles. The third-order valence-electron chi connectivity index (χ3n) is 9.68. The van der Waals surface area contributed by atoms with Gasteiger partial charge in [0, 0.05) is 0 Å². The Bertz CT molecular complexity index is 528. The molecule has 0 aromatic rings. The van der Waals surface area contributed by atoms with Gasteiger partial charge in [0.15, 0.2) is 0 Å². The van der Waals surface area contributed by atoms with E-state index in [1.807, 2.05) is 11.1 Å². The van der Waals surface area contributed by atoms with E-state index in [9.17, 15) is 0 Å². The summed E-state index contributed by atoms with van der Waals surface area (Å²) in [5.41, 5.74) is 4.00. The van der Waals surface area contributed by atoms with Crippen LogP contribution in [0.2, 0.25) is 0 Å². The predicted molar refractivity (Wildman–Crippen MR) is 132 cm³/mol. The van der Waals surface area contributed by atoms with Crippen LogP contribution in [-0.2, 0) is 0 Å². The molecule has 0 aliphatic heterocycles. The van der Waals surface area contributed by atoms with Gasteiger partial charge in [-0.25, -0.2) is 0 Å². The Hall–Kier alpha value is -0.260. The van der Waals surface area contributed by atoms with Gasteiger partial charge in [0.2, 0.25) is 0 Å². The van der Waals surface area contributed by atoms with Crippen LogP contribution in [0.25, 0.3) is 0 Å². The van der Waals surface area contributed by atoms with E-state index >= 15 is 0 Å². The average Bonchev–Trinajstić information content (AvgIpc) is 3.53. The van der Waals surface area contributed by atoms with Crippen molar-refractivity contribution in [3.05, 3.63) is 11.1 Å². The highest BCUT2D eigenvalue weighted by molar-refractivity contribution is 5.37. The molecule has 30 heavy (non-hydrogen) atoms. The third-order valence-corrected chi connectivity index (χ3v) is 9.68. The van der Waals surface area contributed by atoms with E-state index in [0.717, 1.165) is 29.6 Å². The minimum atomic E-state index is 1.06. The number of hydrogen-bond acceptors (Lipinski definition) is 0. The molecule has 0 spiro atoms. The molecule has 0 nitrogen and oxygen atoms in total. The van der Waals surface area contributed by atoms with E-state index < -0.39 is 0 Å². The van der Waals surface area contributed by atoms with Gasteiger partial charge in [-0.05, 0) is 61.7 Å². The summed E-state index contributed by atoms with van der Waals surface area (Å²) in [6.45, 7) is 2.31. The first kappa shape index (κ1) is 22.9. The zero-order valence-corrected chi connectivity index (χ0v) is 20.4. The average molecular weight is 413 g/mol. The van der Waals surface area contributed by atoms with Gasteiger partial charge in [-0.15, -0.1) is 0 Å². The highest BCUT2D eigenvalue weighted by Gasteiger charge is 2.56. The monoisotopic (exact) mass is 412 g/mol. The summed E-state index contributed by atoms with van der Waals surface area (Å²) >= 11 is 0. The van der Waals surface area contributed by atoms with E-state index in [2.05, 4.69) is 6.92 Å². The van der Waals surface area contributed by atoms with Gasteiger partial charge < -0.3 is 0 Å². The number of allylic oxidation sites excluding steroid dienone is 2. The van der Waals surface area contributed by atoms with Crippen LogP contribution in [0, 0.1) is 29.6 Å². The zero-order valence-electron chi connectivity index (χ0n) is 20.4. The lowest BCUT2D eigenvalue weighted by Crippen LogP contribution is -2.26. The summed E-state index contributed by atoms with van der Waals surface area (Å²) < 4.78 is 0. The number of rotatable bonds is 17. The number of fused-ring (bicyclic) bond motifs is 8. The Morgan fingerprint density at radius 1 is 0.667 bits per heavy atom. The van der Waals surface area contributed by atoms with Crippen molar-refractivity contribution in [1.29, 1.82) is 0 Å². The smallest absolute Gasteiger partial charge is 0.0135 e. The van der Waals surface area contributed by atoms with Crippen LogP contribution in [-0.4, -0.2) is 0 Å². The molecule has 0 radical (unpaired) electrons. The molecule has 5 unspecified atom stereocenters. The van der Waals surface area contributed by atoms with Gasteiger partial charge in [0.25, 0.3) is 0 Å². The second kappa shape index (κ2) is 12.1. The van der Waals surface area contributed by atoms with Crippen molar-refractivity contribution >= 4 is 0 Å². The fraction of sp³-hybridized carbons (Fsp3) is 0.933. The van der Waals surface area contributed by atoms with Crippen molar-refractivity contribution in [2.75, 3.05) is 0 Å². The lowest BCUT2D eigenvalue weighted by molar-refractivity contribution is 0.213. The maximum Gasteiger partial charge on any atom is -0.0135 e. The first-order valence-corrected chi connectivity index (χ1v) is 14.6. The van der Waals surface area contributed by atoms with Crippen molar-refractivity contribution < 1.29 is 0 Å². The quantitative estimate of drug-likeness (QED) is 0.165. The molecule has 4 rings (SSSR count). The van der Waals surface area contributed by atoms with E-state index in [4.69, 9.17) is 0 Å². The molecule has 0 heterocycles. The second-order valence-electron chi connectivity index (χ2n) is 11.8. The van der Waals surface area contributed by atoms with E-state index in [1.54, 1.807) is 25.7 Å². The first-order valence-electron chi connectivity index (χ1n) is 14.6. The van der Waals surface area contributed by atoms with Crippen molar-refractivity contribution in [3.8, 4) is 0 Å². The Kier molecular flexibility index (Phi) is 9.25. The molecule has 3 fully saturated rings. The molecule has 0 heteroatoms. The summed E-state index contributed by atoms with van der Waals surface area (Å²) in [6.07, 6.45) is 33.2. The molecular formula is C30H52. The molecule has 0 aromatic heterocycles. The van der Waals surface area contributed by atoms with E-state index in [0.29, 0.717) is 0 Å². The van der Waals surface area contributed by atoms with Crippen LogP contribution in [0.1, 0.15) is 148 Å². The lowest BCUT2D eigenvalue weighted by atomic mass is 9.71. The van der Waals surface area contributed by atoms with Crippen LogP contribution in [0.15, 0.2) is 11.1 Å². The summed E-state index contributed by atoms with van der Waals surface area (Å²) in [4.78, 5) is 0. The highest BCUT2D eigenvalue weighted by Crippen LogP contribution is 2.66. The molecule has 4 aliphatic rings. The number of unbranched alkanes of at least 4 members (excludes halogenated alkanes) is 15. The Labute approximate surface area is 189 Å². The normalized spacial score (nSPS) is 31.3. The second-order valence-corrected chi connectivity index (χ2v) is 11.8. The molecule has 4 aliphatic carbocycles. The van der Waals surface area contributed by atoms with Gasteiger partial charge >= 0.3 is 0 Å². The molecule has 3 saturated carbocycles. The predicted octanol–water partition coefficient (Wildman–Crippen LogP) is 10.0. The SMILES string of the molecule is CCCCCCCCCCCCCCCCCCC1CC2CC1C1C2=C2CCC1C2. The van der Waals surface area contributed by atoms with Crippen molar-refractivity contribution in [2.24, 2.45) is 29.6 Å². The zero-order chi connectivity index (χ0) is 20.6. The Morgan fingerprint density at radius 2 is 1.23 bits per heavy atom. The Morgan fingerprint density at radius 3 is 1.83 bits per heavy atom. The topological polar surface area (TPSA) is 0 Å². The minimum Gasteiger partial charge on any atom is -0.0701 e. The van der Waals surface area contributed by atoms with Gasteiger partial charge in [0.05, 0.1) is 0 Å². The molecule has 5 atom stereocenters. The van der Waals surface area contributed by atoms with E-state index in [-0.39, 0.29) is 0 Å². The van der Waals surface area contributed by atoms with Crippen LogP contribution >= 0.6 is 0 Å². The standard InChI is InChI=1S/C30H52/c1-2-3-4-5-6-7-8-9-10-11-12-13-14-15-16-17-18-24-21-27-23-28(24)30-26-20-19-25(22-26)29(27)30/h24,26-28,30H,2-23H2,1H3. The maximum atomic E-state index is 2.31. The van der Waals surface area contributed by atoms with Crippen LogP contribution in [0.4, 0.5) is 0 Å². The molecule has 0 amide bonds. The van der Waals surface area contributed by atoms with Crippen LogP contribution in [0.5, 0.6) is 0 Å². The molecule has 4 bridgehead atoms.